The average Bonchev–Trinajstić information content (AvgIpc) is 2.82. The molecule has 3 aromatic rings. The first-order valence-corrected chi connectivity index (χ1v) is 7.55. The zero-order valence-electron chi connectivity index (χ0n) is 10.1. The highest BCUT2D eigenvalue weighted by Crippen LogP contribution is 2.31. The van der Waals surface area contributed by atoms with Gasteiger partial charge in [-0.1, -0.05) is 17.8 Å². The van der Waals surface area contributed by atoms with Crippen LogP contribution in [0.1, 0.15) is 5.56 Å². The van der Waals surface area contributed by atoms with Crippen LogP contribution >= 0.6 is 23.1 Å². The van der Waals surface area contributed by atoms with Gasteiger partial charge in [0.15, 0.2) is 16.0 Å². The van der Waals surface area contributed by atoms with Crippen LogP contribution in [0.5, 0.6) is 0 Å². The number of benzene rings is 2. The first-order valence-electron chi connectivity index (χ1n) is 5.74. The molecule has 0 radical (unpaired) electrons. The van der Waals surface area contributed by atoms with Crippen molar-refractivity contribution in [1.82, 2.24) is 4.98 Å². The van der Waals surface area contributed by atoms with Gasteiger partial charge in [0.2, 0.25) is 0 Å². The number of hydrogen-bond acceptors (Lipinski definition) is 3. The van der Waals surface area contributed by atoms with Gasteiger partial charge in [0.25, 0.3) is 0 Å². The first-order chi connectivity index (χ1) is 9.61. The molecule has 0 aliphatic carbocycles. The van der Waals surface area contributed by atoms with Crippen LogP contribution in [-0.2, 0) is 5.75 Å². The van der Waals surface area contributed by atoms with Gasteiger partial charge in [0.1, 0.15) is 5.82 Å². The Kier molecular flexibility index (Phi) is 3.67. The molecule has 0 amide bonds. The van der Waals surface area contributed by atoms with Gasteiger partial charge in [-0.3, -0.25) is 0 Å². The monoisotopic (exact) mass is 311 g/mol. The summed E-state index contributed by atoms with van der Waals surface area (Å²) in [5.41, 5.74) is 1.29. The van der Waals surface area contributed by atoms with E-state index in [1.54, 1.807) is 12.1 Å². The van der Waals surface area contributed by atoms with Crippen LogP contribution in [0.3, 0.4) is 0 Å². The van der Waals surface area contributed by atoms with Gasteiger partial charge < -0.3 is 0 Å². The van der Waals surface area contributed by atoms with Gasteiger partial charge in [0, 0.05) is 11.8 Å². The molecule has 0 bridgehead atoms. The highest BCUT2D eigenvalue weighted by Gasteiger charge is 2.07. The van der Waals surface area contributed by atoms with Crippen molar-refractivity contribution in [3.63, 3.8) is 0 Å². The maximum atomic E-state index is 13.1. The number of fused-ring (bicyclic) bond motifs is 1. The fourth-order valence-electron chi connectivity index (χ4n) is 1.72. The third kappa shape index (κ3) is 2.81. The summed E-state index contributed by atoms with van der Waals surface area (Å²) in [6.45, 7) is 0. The van der Waals surface area contributed by atoms with E-state index < -0.39 is 11.6 Å². The van der Waals surface area contributed by atoms with Crippen LogP contribution in [0.15, 0.2) is 40.7 Å². The molecule has 0 saturated carbocycles. The number of rotatable bonds is 3. The molecule has 102 valence electrons. The molecule has 6 heteroatoms. The molecular weight excluding hydrogens is 303 g/mol. The molecule has 1 nitrogen and oxygen atoms in total. The molecule has 0 spiro atoms. The summed E-state index contributed by atoms with van der Waals surface area (Å²) in [5, 5.41) is 0. The van der Waals surface area contributed by atoms with Gasteiger partial charge in [-0.15, -0.1) is 11.3 Å². The molecule has 0 aliphatic heterocycles. The lowest BCUT2D eigenvalue weighted by molar-refractivity contribution is 0.507. The molecule has 0 atom stereocenters. The van der Waals surface area contributed by atoms with Gasteiger partial charge in [0.05, 0.1) is 10.2 Å². The Morgan fingerprint density at radius 3 is 2.65 bits per heavy atom. The van der Waals surface area contributed by atoms with E-state index in [1.165, 1.54) is 41.3 Å². The molecule has 3 rings (SSSR count). The van der Waals surface area contributed by atoms with Crippen molar-refractivity contribution in [1.29, 1.82) is 0 Å². The van der Waals surface area contributed by atoms with E-state index in [-0.39, 0.29) is 5.82 Å². The highest BCUT2D eigenvalue weighted by atomic mass is 32.2. The summed E-state index contributed by atoms with van der Waals surface area (Å²) in [7, 11) is 0. The fourth-order valence-corrected chi connectivity index (χ4v) is 3.71. The van der Waals surface area contributed by atoms with E-state index in [2.05, 4.69) is 4.98 Å². The maximum absolute atomic E-state index is 13.1. The Hall–Kier alpha value is -1.53. The van der Waals surface area contributed by atoms with Crippen LogP contribution in [0.2, 0.25) is 0 Å². The smallest absolute Gasteiger partial charge is 0.159 e. The largest absolute Gasteiger partial charge is 0.230 e. The minimum Gasteiger partial charge on any atom is -0.230 e. The Morgan fingerprint density at radius 1 is 1.00 bits per heavy atom. The van der Waals surface area contributed by atoms with Gasteiger partial charge in [-0.25, -0.2) is 18.2 Å². The van der Waals surface area contributed by atoms with Crippen molar-refractivity contribution in [3.05, 3.63) is 59.4 Å². The second-order valence-corrected chi connectivity index (χ2v) is 6.38. The molecule has 1 heterocycles. The second kappa shape index (κ2) is 5.46. The zero-order valence-corrected chi connectivity index (χ0v) is 11.7. The number of hydrogen-bond donors (Lipinski definition) is 0. The van der Waals surface area contributed by atoms with Gasteiger partial charge in [-0.05, 0) is 29.8 Å². The summed E-state index contributed by atoms with van der Waals surface area (Å²) in [5.74, 6) is -1.54. The standard InChI is InChI=1S/C14H8F3NS2/c15-9-2-4-13-12(6-9)18-14(20-13)19-7-8-1-3-10(16)11(17)5-8/h1-6H,7H2. The van der Waals surface area contributed by atoms with Crippen molar-refractivity contribution in [2.45, 2.75) is 10.1 Å². The maximum Gasteiger partial charge on any atom is 0.159 e. The third-order valence-corrected chi connectivity index (χ3v) is 4.93. The van der Waals surface area contributed by atoms with Crippen LogP contribution in [0, 0.1) is 17.5 Å². The molecule has 20 heavy (non-hydrogen) atoms. The van der Waals surface area contributed by atoms with Gasteiger partial charge >= 0.3 is 0 Å². The van der Waals surface area contributed by atoms with E-state index >= 15 is 0 Å². The fraction of sp³-hybridized carbons (Fsp3) is 0.0714. The average molecular weight is 311 g/mol. The summed E-state index contributed by atoms with van der Waals surface area (Å²) in [4.78, 5) is 4.30. The summed E-state index contributed by atoms with van der Waals surface area (Å²) in [6, 6.07) is 8.29. The van der Waals surface area contributed by atoms with Crippen molar-refractivity contribution in [3.8, 4) is 0 Å². The number of aromatic nitrogens is 1. The zero-order chi connectivity index (χ0) is 14.1. The van der Waals surface area contributed by atoms with E-state index in [9.17, 15) is 13.2 Å². The molecule has 0 saturated heterocycles. The van der Waals surface area contributed by atoms with Crippen LogP contribution in [0.4, 0.5) is 13.2 Å². The van der Waals surface area contributed by atoms with Gasteiger partial charge in [-0.2, -0.15) is 0 Å². The van der Waals surface area contributed by atoms with Crippen molar-refractivity contribution in [2.75, 3.05) is 0 Å². The first kappa shape index (κ1) is 13.5. The van der Waals surface area contributed by atoms with Crippen LogP contribution < -0.4 is 0 Å². The SMILES string of the molecule is Fc1ccc2sc(SCc3ccc(F)c(F)c3)nc2c1. The Balaban J connectivity index is 1.77. The van der Waals surface area contributed by atoms with E-state index in [1.807, 2.05) is 0 Å². The van der Waals surface area contributed by atoms with Crippen molar-refractivity contribution in [2.24, 2.45) is 0 Å². The molecule has 0 unspecified atom stereocenters. The minimum atomic E-state index is -0.853. The topological polar surface area (TPSA) is 12.9 Å². The highest BCUT2D eigenvalue weighted by molar-refractivity contribution is 8.00. The molecule has 0 N–H and O–H groups in total. The van der Waals surface area contributed by atoms with E-state index in [4.69, 9.17) is 0 Å². The molecule has 0 fully saturated rings. The predicted molar refractivity (Wildman–Crippen MR) is 75.5 cm³/mol. The normalized spacial score (nSPS) is 11.2. The lowest BCUT2D eigenvalue weighted by Gasteiger charge is -1.99. The Labute approximate surface area is 121 Å². The summed E-state index contributed by atoms with van der Waals surface area (Å²) >= 11 is 2.87. The molecule has 1 aromatic heterocycles. The summed E-state index contributed by atoms with van der Waals surface area (Å²) < 4.78 is 40.6. The molecule has 0 aliphatic rings. The lowest BCUT2D eigenvalue weighted by atomic mass is 10.2. The van der Waals surface area contributed by atoms with Crippen molar-refractivity contribution < 1.29 is 13.2 Å². The number of nitrogens with zero attached hydrogens (tertiary/aromatic N) is 1. The molecule has 2 aromatic carbocycles. The number of thioether (sulfide) groups is 1. The summed E-state index contributed by atoms with van der Waals surface area (Å²) in [6.07, 6.45) is 0. The van der Waals surface area contributed by atoms with Crippen molar-refractivity contribution >= 4 is 33.3 Å². The molecular formula is C14H8F3NS2. The van der Waals surface area contributed by atoms with Crippen LogP contribution in [0.25, 0.3) is 10.2 Å². The van der Waals surface area contributed by atoms with Crippen LogP contribution in [-0.4, -0.2) is 4.98 Å². The van der Waals surface area contributed by atoms with E-state index in [0.717, 1.165) is 15.1 Å². The van der Waals surface area contributed by atoms with E-state index in [0.29, 0.717) is 16.8 Å². The second-order valence-electron chi connectivity index (χ2n) is 4.13. The Morgan fingerprint density at radius 2 is 1.85 bits per heavy atom. The predicted octanol–water partition coefficient (Wildman–Crippen LogP) is 5.01. The Bertz CT molecular complexity index is 770. The lowest BCUT2D eigenvalue weighted by Crippen LogP contribution is -1.87. The third-order valence-electron chi connectivity index (χ3n) is 2.68. The quantitative estimate of drug-likeness (QED) is 0.631. The number of halogens is 3. The number of thiazole rings is 1. The minimum absolute atomic E-state index is 0.319.